The van der Waals surface area contributed by atoms with Crippen LogP contribution in [0.1, 0.15) is 0 Å². The van der Waals surface area contributed by atoms with E-state index in [-0.39, 0.29) is 6.92 Å². The van der Waals surface area contributed by atoms with Crippen LogP contribution in [0.25, 0.3) is 0 Å². The second kappa shape index (κ2) is 2.60. The Morgan fingerprint density at radius 3 is 1.80 bits per heavy atom. The smallest absolute Gasteiger partial charge is 0.305 e. The lowest BCUT2D eigenvalue weighted by Gasteiger charge is -1.87. The predicted octanol–water partition coefficient (Wildman–Crippen LogP) is 1.10. The van der Waals surface area contributed by atoms with Gasteiger partial charge in [0, 0.05) is 0 Å². The number of rotatable bonds is 1. The van der Waals surface area contributed by atoms with E-state index in [9.17, 15) is 0 Å². The van der Waals surface area contributed by atoms with Crippen molar-refractivity contribution in [1.29, 1.82) is 0 Å². The molecule has 0 N–H and O–H groups in total. The number of hydrogen-bond donors (Lipinski definition) is 1. The van der Waals surface area contributed by atoms with Crippen molar-refractivity contribution < 1.29 is 4.10 Å². The molecule has 0 aliphatic rings. The molecule has 0 fully saturated rings. The Hall–Kier alpha value is 0.375. The van der Waals surface area contributed by atoms with Crippen LogP contribution in [0.3, 0.4) is 0 Å². The van der Waals surface area contributed by atoms with E-state index in [1.165, 1.54) is 0 Å². The van der Waals surface area contributed by atoms with Crippen LogP contribution in [-0.4, -0.2) is 6.92 Å². The maximum absolute atomic E-state index is 4.44. The maximum Gasteiger partial charge on any atom is 0.305 e. The lowest BCUT2D eigenvalue weighted by molar-refractivity contribution is 0.694. The van der Waals surface area contributed by atoms with Crippen LogP contribution in [0.2, 0.25) is 13.6 Å². The fourth-order valence-corrected chi connectivity index (χ4v) is 0. The summed E-state index contributed by atoms with van der Waals surface area (Å²) in [5, 5.41) is 0. The van der Waals surface area contributed by atoms with Crippen LogP contribution in [0.4, 0.5) is 0 Å². The van der Waals surface area contributed by atoms with Gasteiger partial charge in [0.15, 0.2) is 0 Å². The Labute approximate surface area is 38.4 Å². The van der Waals surface area contributed by atoms with Gasteiger partial charge >= 0.3 is 6.92 Å². The second-order valence-corrected chi connectivity index (χ2v) is 1.36. The lowest BCUT2D eigenvalue weighted by Crippen LogP contribution is -1.96. The standard InChI is InChI=1S/C2H7BOS/c1-3(2)4-5/h5H,1-2H3. The van der Waals surface area contributed by atoms with Gasteiger partial charge in [-0.2, -0.15) is 0 Å². The molecule has 0 saturated carbocycles. The van der Waals surface area contributed by atoms with Gasteiger partial charge in [0.05, 0.1) is 0 Å². The highest BCUT2D eigenvalue weighted by Gasteiger charge is 1.90. The average Bonchev–Trinajstić information content (AvgIpc) is 1.38. The van der Waals surface area contributed by atoms with Crippen LogP contribution < -0.4 is 0 Å². The molecular formula is C2H7BOS. The first kappa shape index (κ1) is 5.37. The molecule has 0 aliphatic heterocycles. The molecule has 0 atom stereocenters. The van der Waals surface area contributed by atoms with Crippen LogP contribution in [0.15, 0.2) is 0 Å². The minimum absolute atomic E-state index is 0.248. The van der Waals surface area contributed by atoms with Crippen LogP contribution in [0.5, 0.6) is 0 Å². The summed E-state index contributed by atoms with van der Waals surface area (Å²) in [6, 6.07) is 0. The summed E-state index contributed by atoms with van der Waals surface area (Å²) in [5.41, 5.74) is 0. The molecule has 0 rings (SSSR count). The molecule has 0 unspecified atom stereocenters. The van der Waals surface area contributed by atoms with E-state index in [1.807, 2.05) is 13.6 Å². The van der Waals surface area contributed by atoms with Crippen molar-refractivity contribution in [2.24, 2.45) is 0 Å². The quantitative estimate of drug-likeness (QED) is 0.288. The van der Waals surface area contributed by atoms with Crippen molar-refractivity contribution in [2.75, 3.05) is 0 Å². The summed E-state index contributed by atoms with van der Waals surface area (Å²) < 4.78 is 4.44. The van der Waals surface area contributed by atoms with Crippen molar-refractivity contribution >= 4 is 19.8 Å². The molecule has 0 aromatic rings. The monoisotopic (exact) mass is 90.0 g/mol. The van der Waals surface area contributed by atoms with E-state index in [1.54, 1.807) is 0 Å². The zero-order valence-corrected chi connectivity index (χ0v) is 4.33. The fourth-order valence-electron chi connectivity index (χ4n) is 0. The molecule has 0 saturated heterocycles. The molecule has 0 radical (unpaired) electrons. The van der Waals surface area contributed by atoms with Crippen LogP contribution >= 0.6 is 12.9 Å². The molecule has 0 heterocycles. The summed E-state index contributed by atoms with van der Waals surface area (Å²) >= 11 is 3.52. The molecular weight excluding hydrogens is 82.9 g/mol. The van der Waals surface area contributed by atoms with Crippen molar-refractivity contribution in [3.05, 3.63) is 0 Å². The summed E-state index contributed by atoms with van der Waals surface area (Å²) in [6.07, 6.45) is 0. The Kier molecular flexibility index (Phi) is 2.80. The summed E-state index contributed by atoms with van der Waals surface area (Å²) in [5.74, 6) is 0. The molecule has 0 aromatic heterocycles. The maximum atomic E-state index is 4.44. The Morgan fingerprint density at radius 2 is 1.80 bits per heavy atom. The molecule has 5 heavy (non-hydrogen) atoms. The predicted molar refractivity (Wildman–Crippen MR) is 27.6 cm³/mol. The molecule has 0 spiro atoms. The van der Waals surface area contributed by atoms with Gasteiger partial charge in [-0.3, -0.25) is 0 Å². The first-order valence-corrected chi connectivity index (χ1v) is 1.94. The molecule has 0 amide bonds. The minimum Gasteiger partial charge on any atom is -0.379 e. The Balaban J connectivity index is 2.54. The van der Waals surface area contributed by atoms with Crippen molar-refractivity contribution in [2.45, 2.75) is 13.6 Å². The summed E-state index contributed by atoms with van der Waals surface area (Å²) in [6.45, 7) is 4.10. The molecule has 0 bridgehead atoms. The molecule has 0 aromatic carbocycles. The molecule has 30 valence electrons. The first-order chi connectivity index (χ1) is 2.27. The van der Waals surface area contributed by atoms with E-state index in [4.69, 9.17) is 0 Å². The molecule has 3 heteroatoms. The average molecular weight is 90.0 g/mol. The zero-order chi connectivity index (χ0) is 4.28. The van der Waals surface area contributed by atoms with E-state index in [0.29, 0.717) is 0 Å². The van der Waals surface area contributed by atoms with Crippen molar-refractivity contribution in [3.63, 3.8) is 0 Å². The van der Waals surface area contributed by atoms with Gasteiger partial charge in [-0.05, 0) is 12.9 Å². The van der Waals surface area contributed by atoms with Crippen LogP contribution in [0, 0.1) is 0 Å². The van der Waals surface area contributed by atoms with Gasteiger partial charge in [-0.25, -0.2) is 0 Å². The van der Waals surface area contributed by atoms with Crippen LogP contribution in [-0.2, 0) is 4.10 Å². The largest absolute Gasteiger partial charge is 0.379 e. The van der Waals surface area contributed by atoms with E-state index in [0.717, 1.165) is 0 Å². The minimum atomic E-state index is 0.248. The highest BCUT2D eigenvalue weighted by molar-refractivity contribution is 7.76. The van der Waals surface area contributed by atoms with E-state index >= 15 is 0 Å². The van der Waals surface area contributed by atoms with Gasteiger partial charge in [0.25, 0.3) is 0 Å². The topological polar surface area (TPSA) is 9.23 Å². The second-order valence-electron chi connectivity index (χ2n) is 1.15. The summed E-state index contributed by atoms with van der Waals surface area (Å²) in [4.78, 5) is 0. The highest BCUT2D eigenvalue weighted by Crippen LogP contribution is 1.83. The molecule has 0 aliphatic carbocycles. The summed E-state index contributed by atoms with van der Waals surface area (Å²) in [7, 11) is 0. The van der Waals surface area contributed by atoms with Gasteiger partial charge in [-0.1, -0.05) is 13.6 Å². The van der Waals surface area contributed by atoms with E-state index in [2.05, 4.69) is 17.0 Å². The number of hydrogen-bond acceptors (Lipinski definition) is 2. The van der Waals surface area contributed by atoms with Gasteiger partial charge in [0.2, 0.25) is 0 Å². The van der Waals surface area contributed by atoms with E-state index < -0.39 is 0 Å². The van der Waals surface area contributed by atoms with Gasteiger partial charge in [-0.15, -0.1) is 0 Å². The van der Waals surface area contributed by atoms with Crippen molar-refractivity contribution in [3.8, 4) is 0 Å². The first-order valence-electron chi connectivity index (χ1n) is 1.57. The normalized spacial score (nSPS) is 7.80. The number of thiol groups is 1. The van der Waals surface area contributed by atoms with Crippen molar-refractivity contribution in [1.82, 2.24) is 0 Å². The van der Waals surface area contributed by atoms with Gasteiger partial charge < -0.3 is 4.10 Å². The Bertz CT molecular complexity index is 23.6. The third-order valence-corrected chi connectivity index (χ3v) is 0.632. The third kappa shape index (κ3) is 4.37. The molecule has 1 nitrogen and oxygen atoms in total. The highest BCUT2D eigenvalue weighted by atomic mass is 32.1. The fraction of sp³-hybridized carbons (Fsp3) is 1.00. The lowest BCUT2D eigenvalue weighted by atomic mass is 9.76. The SMILES string of the molecule is CB(C)OS. The third-order valence-electron chi connectivity index (χ3n) is 0.211. The van der Waals surface area contributed by atoms with Gasteiger partial charge in [0.1, 0.15) is 0 Å². The zero-order valence-electron chi connectivity index (χ0n) is 3.43. The Morgan fingerprint density at radius 1 is 1.60 bits per heavy atom.